The first-order valence-electron chi connectivity index (χ1n) is 9.71. The largest absolute Gasteiger partial charge is 0.458 e. The monoisotopic (exact) mass is 422 g/mol. The number of esters is 3. The lowest BCUT2D eigenvalue weighted by Gasteiger charge is -2.39. The van der Waals surface area contributed by atoms with E-state index in [-0.39, 0.29) is 17.1 Å². The molecule has 30 heavy (non-hydrogen) atoms. The van der Waals surface area contributed by atoms with E-state index in [2.05, 4.69) is 13.2 Å². The van der Waals surface area contributed by atoms with Crippen LogP contribution in [0, 0.1) is 11.8 Å². The molecule has 0 spiro atoms. The van der Waals surface area contributed by atoms with Gasteiger partial charge in [-0.15, -0.1) is 0 Å². The number of carbonyl (C=O) groups is 4. The molecule has 1 N–H and O–H groups in total. The van der Waals surface area contributed by atoms with Crippen LogP contribution in [0.1, 0.15) is 34.1 Å². The Bertz CT molecular complexity index is 826. The highest BCUT2D eigenvalue weighted by molar-refractivity contribution is 5.95. The molecule has 8 atom stereocenters. The van der Waals surface area contributed by atoms with Gasteiger partial charge in [0.25, 0.3) is 0 Å². The van der Waals surface area contributed by atoms with Crippen molar-refractivity contribution in [2.24, 2.45) is 11.8 Å². The number of rotatable bonds is 3. The number of ketones is 1. The second-order valence-electron chi connectivity index (χ2n) is 8.42. The summed E-state index contributed by atoms with van der Waals surface area (Å²) < 4.78 is 21.8. The Morgan fingerprint density at radius 2 is 1.87 bits per heavy atom. The molecule has 9 heteroatoms. The second-order valence-corrected chi connectivity index (χ2v) is 8.42. The summed E-state index contributed by atoms with van der Waals surface area (Å²) in [5.41, 5.74) is -2.22. The molecule has 3 aliphatic rings. The van der Waals surface area contributed by atoms with Crippen molar-refractivity contribution in [3.05, 3.63) is 24.3 Å². The topological polar surface area (TPSA) is 129 Å². The number of hydrogen-bond acceptors (Lipinski definition) is 9. The SMILES string of the molecule is C=C(C)C(=O)O[C@H]1[C@@H]2C(=C)C(=O)O[C@@H]2C[C@@H](C)[C@@H]2O[C@@H]2C(=O)[C@](C)(O)[C@@H]1OC(C)=O. The third-order valence-electron chi connectivity index (χ3n) is 5.86. The highest BCUT2D eigenvalue weighted by atomic mass is 16.6. The van der Waals surface area contributed by atoms with Gasteiger partial charge in [-0.25, -0.2) is 9.59 Å². The van der Waals surface area contributed by atoms with E-state index in [4.69, 9.17) is 18.9 Å². The molecule has 0 radical (unpaired) electrons. The first-order valence-corrected chi connectivity index (χ1v) is 9.71. The lowest BCUT2D eigenvalue weighted by molar-refractivity contribution is -0.196. The van der Waals surface area contributed by atoms with Gasteiger partial charge in [0.1, 0.15) is 12.2 Å². The molecule has 0 aromatic rings. The Balaban J connectivity index is 2.14. The lowest BCUT2D eigenvalue weighted by atomic mass is 9.75. The van der Waals surface area contributed by atoms with Crippen LogP contribution in [0.25, 0.3) is 0 Å². The molecule has 2 aliphatic heterocycles. The number of fused-ring (bicyclic) bond motifs is 2. The first kappa shape index (κ1) is 22.2. The van der Waals surface area contributed by atoms with Crippen molar-refractivity contribution in [2.75, 3.05) is 0 Å². The number of carbonyl (C=O) groups excluding carboxylic acids is 4. The zero-order valence-corrected chi connectivity index (χ0v) is 17.4. The summed E-state index contributed by atoms with van der Waals surface area (Å²) in [5.74, 6) is -4.16. The van der Waals surface area contributed by atoms with E-state index in [9.17, 15) is 24.3 Å². The molecule has 0 amide bonds. The maximum Gasteiger partial charge on any atom is 0.334 e. The predicted octanol–water partition coefficient (Wildman–Crippen LogP) is 0.631. The van der Waals surface area contributed by atoms with Crippen LogP contribution in [0.4, 0.5) is 0 Å². The van der Waals surface area contributed by atoms with Gasteiger partial charge in [-0.2, -0.15) is 0 Å². The van der Waals surface area contributed by atoms with Gasteiger partial charge in [-0.3, -0.25) is 9.59 Å². The molecule has 0 unspecified atom stereocenters. The maximum absolute atomic E-state index is 13.0. The fourth-order valence-electron chi connectivity index (χ4n) is 4.18. The van der Waals surface area contributed by atoms with E-state index in [0.717, 1.165) is 6.92 Å². The summed E-state index contributed by atoms with van der Waals surface area (Å²) in [5, 5.41) is 11.2. The van der Waals surface area contributed by atoms with Gasteiger partial charge in [0.15, 0.2) is 23.6 Å². The molecule has 2 heterocycles. The Morgan fingerprint density at radius 3 is 2.43 bits per heavy atom. The molecule has 2 saturated heterocycles. The average Bonchev–Trinajstić information content (AvgIpc) is 3.39. The standard InChI is InChI=1S/C21H26O9/c1-8(2)19(24)30-15-13-10(4)20(25)28-12(13)7-9(3)14-16(29-14)17(23)21(6,26)18(15)27-11(5)22/h9,12-16,18,26H,1,4,7H2,2-3,5-6H3/t9-,12-,13-,14+,15+,16+,18-,21+/m1/s1. The van der Waals surface area contributed by atoms with Gasteiger partial charge in [0.2, 0.25) is 0 Å². The zero-order chi connectivity index (χ0) is 22.5. The van der Waals surface area contributed by atoms with E-state index >= 15 is 0 Å². The van der Waals surface area contributed by atoms with Crippen LogP contribution in [0.15, 0.2) is 24.3 Å². The van der Waals surface area contributed by atoms with Crippen LogP contribution in [0.5, 0.6) is 0 Å². The number of aliphatic hydroxyl groups is 1. The fourth-order valence-corrected chi connectivity index (χ4v) is 4.18. The quantitative estimate of drug-likeness (QED) is 0.301. The first-order chi connectivity index (χ1) is 13.9. The minimum Gasteiger partial charge on any atom is -0.458 e. The van der Waals surface area contributed by atoms with Crippen LogP contribution in [-0.4, -0.2) is 64.9 Å². The van der Waals surface area contributed by atoms with E-state index in [1.807, 2.05) is 6.92 Å². The number of epoxide rings is 1. The molecule has 164 valence electrons. The van der Waals surface area contributed by atoms with Gasteiger partial charge in [-0.05, 0) is 26.2 Å². The highest BCUT2D eigenvalue weighted by Crippen LogP contribution is 2.45. The molecule has 0 aromatic carbocycles. The zero-order valence-electron chi connectivity index (χ0n) is 17.4. The third-order valence-corrected chi connectivity index (χ3v) is 5.86. The van der Waals surface area contributed by atoms with Gasteiger partial charge in [-0.1, -0.05) is 20.1 Å². The molecular weight excluding hydrogens is 396 g/mol. The van der Waals surface area contributed by atoms with E-state index in [0.29, 0.717) is 6.42 Å². The summed E-state index contributed by atoms with van der Waals surface area (Å²) in [6.07, 6.45) is -4.87. The van der Waals surface area contributed by atoms with Crippen molar-refractivity contribution in [1.29, 1.82) is 0 Å². The summed E-state index contributed by atoms with van der Waals surface area (Å²) in [4.78, 5) is 49.6. The highest BCUT2D eigenvalue weighted by Gasteiger charge is 2.62. The molecule has 0 aromatic heterocycles. The molecule has 1 saturated carbocycles. The van der Waals surface area contributed by atoms with E-state index in [1.54, 1.807) is 0 Å². The smallest absolute Gasteiger partial charge is 0.334 e. The lowest BCUT2D eigenvalue weighted by Crippen LogP contribution is -2.60. The van der Waals surface area contributed by atoms with Crippen LogP contribution in [-0.2, 0) is 38.1 Å². The van der Waals surface area contributed by atoms with Gasteiger partial charge in [0.05, 0.1) is 12.0 Å². The van der Waals surface area contributed by atoms with Crippen molar-refractivity contribution in [2.45, 2.75) is 70.2 Å². The van der Waals surface area contributed by atoms with Crippen molar-refractivity contribution in [3.63, 3.8) is 0 Å². The third kappa shape index (κ3) is 3.79. The maximum atomic E-state index is 13.0. The van der Waals surface area contributed by atoms with Crippen molar-refractivity contribution < 1.29 is 43.2 Å². The summed E-state index contributed by atoms with van der Waals surface area (Å²) >= 11 is 0. The fraction of sp³-hybridized carbons (Fsp3) is 0.619. The summed E-state index contributed by atoms with van der Waals surface area (Å²) in [6.45, 7) is 12.8. The van der Waals surface area contributed by atoms with Crippen LogP contribution in [0.3, 0.4) is 0 Å². The Hall–Kier alpha value is -2.52. The van der Waals surface area contributed by atoms with Crippen LogP contribution >= 0.6 is 0 Å². The number of Topliss-reactive ketones (excluding diaryl/α,β-unsaturated/α-hetero) is 1. The molecular formula is C21H26O9. The number of ether oxygens (including phenoxy) is 4. The van der Waals surface area contributed by atoms with Crippen molar-refractivity contribution >= 4 is 23.7 Å². The van der Waals surface area contributed by atoms with Crippen LogP contribution < -0.4 is 0 Å². The van der Waals surface area contributed by atoms with E-state index in [1.165, 1.54) is 13.8 Å². The molecule has 1 aliphatic carbocycles. The second kappa shape index (κ2) is 7.63. The Kier molecular flexibility index (Phi) is 5.64. The van der Waals surface area contributed by atoms with Crippen LogP contribution in [0.2, 0.25) is 0 Å². The Labute approximate surface area is 174 Å². The molecule has 3 fully saturated rings. The normalized spacial score (nSPS) is 40.6. The molecule has 9 nitrogen and oxygen atoms in total. The number of hydrogen-bond donors (Lipinski definition) is 1. The predicted molar refractivity (Wildman–Crippen MR) is 101 cm³/mol. The minimum absolute atomic E-state index is 0.000884. The van der Waals surface area contributed by atoms with E-state index < -0.39 is 65.7 Å². The van der Waals surface area contributed by atoms with Gasteiger partial charge < -0.3 is 24.1 Å². The molecule has 3 rings (SSSR count). The summed E-state index contributed by atoms with van der Waals surface area (Å²) in [6, 6.07) is 0. The Morgan fingerprint density at radius 1 is 1.23 bits per heavy atom. The van der Waals surface area contributed by atoms with Gasteiger partial charge >= 0.3 is 17.9 Å². The average molecular weight is 422 g/mol. The molecule has 0 bridgehead atoms. The van der Waals surface area contributed by atoms with Gasteiger partial charge in [0, 0.05) is 18.1 Å². The minimum atomic E-state index is -2.27. The van der Waals surface area contributed by atoms with Crippen molar-refractivity contribution in [1.82, 2.24) is 0 Å². The van der Waals surface area contributed by atoms with Crippen molar-refractivity contribution in [3.8, 4) is 0 Å². The summed E-state index contributed by atoms with van der Waals surface area (Å²) in [7, 11) is 0.